The van der Waals surface area contributed by atoms with Crippen molar-refractivity contribution in [1.82, 2.24) is 0 Å². The highest BCUT2D eigenvalue weighted by atomic mass is 35.5. The topological polar surface area (TPSA) is 72.5 Å². The number of rotatable bonds is 17. The van der Waals surface area contributed by atoms with E-state index in [1.807, 2.05) is 129 Å². The summed E-state index contributed by atoms with van der Waals surface area (Å²) in [6.07, 6.45) is -2.28. The van der Waals surface area contributed by atoms with Gasteiger partial charge in [-0.15, -0.1) is 0 Å². The van der Waals surface area contributed by atoms with Crippen molar-refractivity contribution in [2.45, 2.75) is 77.0 Å². The van der Waals surface area contributed by atoms with E-state index in [-0.39, 0.29) is 12.6 Å². The lowest BCUT2D eigenvalue weighted by Crippen LogP contribution is -2.60. The van der Waals surface area contributed by atoms with Gasteiger partial charge in [-0.3, -0.25) is 4.79 Å². The third kappa shape index (κ3) is 10.2. The summed E-state index contributed by atoms with van der Waals surface area (Å²) in [5.41, 5.74) is 5.89. The number of ether oxygens (including phenoxy) is 6. The van der Waals surface area contributed by atoms with E-state index in [0.29, 0.717) is 37.7 Å². The number of methoxy groups -OCH3 is 1. The summed E-state index contributed by atoms with van der Waals surface area (Å²) >= 11 is 6.87. The standard InChI is InChI=1S/C46H49ClO7/c1-4-39(46(48)49-3)42-44(52-30-34-17-11-7-12-18-34)45(53-31-35-19-13-8-14-20-35)43(51-29-33-15-9-6-10-16-33)41(54-42)36-23-26-40(47)37(28-36)27-32-21-24-38(25-22-32)50-5-2/h6-26,28,39,41-45H,4-5,27,29-31H2,1-3H3/t39?,41-,42+,43-,44+,45-/m0/s1. The van der Waals surface area contributed by atoms with Crippen molar-refractivity contribution in [2.75, 3.05) is 13.7 Å². The quantitative estimate of drug-likeness (QED) is 0.0877. The summed E-state index contributed by atoms with van der Waals surface area (Å²) in [4.78, 5) is 13.5. The molecule has 0 aliphatic carbocycles. The molecule has 0 bridgehead atoms. The normalized spacial score (nSPS) is 20.3. The maximum atomic E-state index is 13.5. The van der Waals surface area contributed by atoms with Crippen molar-refractivity contribution in [1.29, 1.82) is 0 Å². The molecule has 5 aromatic carbocycles. The van der Waals surface area contributed by atoms with Crippen molar-refractivity contribution in [3.05, 3.63) is 172 Å². The second-order valence-electron chi connectivity index (χ2n) is 13.4. The molecule has 1 aliphatic heterocycles. The van der Waals surface area contributed by atoms with Gasteiger partial charge in [0.1, 0.15) is 36.3 Å². The van der Waals surface area contributed by atoms with Crippen LogP contribution < -0.4 is 4.74 Å². The van der Waals surface area contributed by atoms with Crippen LogP contribution >= 0.6 is 11.6 Å². The molecule has 6 rings (SSSR count). The number of hydrogen-bond acceptors (Lipinski definition) is 7. The van der Waals surface area contributed by atoms with Gasteiger partial charge in [0.15, 0.2) is 0 Å². The largest absolute Gasteiger partial charge is 0.494 e. The lowest BCUT2D eigenvalue weighted by Gasteiger charge is -2.48. The van der Waals surface area contributed by atoms with E-state index in [1.54, 1.807) is 0 Å². The Morgan fingerprint density at radius 1 is 0.667 bits per heavy atom. The van der Waals surface area contributed by atoms with Gasteiger partial charge >= 0.3 is 5.97 Å². The van der Waals surface area contributed by atoms with Crippen LogP contribution in [0.5, 0.6) is 5.75 Å². The maximum absolute atomic E-state index is 13.5. The van der Waals surface area contributed by atoms with E-state index in [9.17, 15) is 4.79 Å². The highest BCUT2D eigenvalue weighted by Crippen LogP contribution is 2.42. The molecule has 0 spiro atoms. The Morgan fingerprint density at radius 2 is 1.20 bits per heavy atom. The third-order valence-corrected chi connectivity index (χ3v) is 10.2. The third-order valence-electron chi connectivity index (χ3n) is 9.80. The molecule has 1 saturated heterocycles. The number of hydrogen-bond donors (Lipinski definition) is 0. The molecule has 0 saturated carbocycles. The molecule has 8 heteroatoms. The van der Waals surface area contributed by atoms with E-state index in [2.05, 4.69) is 18.2 Å². The molecular formula is C46H49ClO7. The van der Waals surface area contributed by atoms with Gasteiger partial charge in [0, 0.05) is 5.02 Å². The molecule has 282 valence electrons. The first kappa shape index (κ1) is 39.2. The average molecular weight is 749 g/mol. The summed E-state index contributed by atoms with van der Waals surface area (Å²) in [7, 11) is 1.41. The number of halogens is 1. The van der Waals surface area contributed by atoms with Crippen LogP contribution in [0.25, 0.3) is 0 Å². The van der Waals surface area contributed by atoms with Crippen molar-refractivity contribution in [2.24, 2.45) is 5.92 Å². The minimum Gasteiger partial charge on any atom is -0.494 e. The Balaban J connectivity index is 1.42. The van der Waals surface area contributed by atoms with Crippen molar-refractivity contribution >= 4 is 17.6 Å². The second-order valence-corrected chi connectivity index (χ2v) is 13.9. The summed E-state index contributed by atoms with van der Waals surface area (Å²) in [5, 5.41) is 0.642. The lowest BCUT2D eigenvalue weighted by atomic mass is 9.83. The summed E-state index contributed by atoms with van der Waals surface area (Å²) in [6.45, 7) is 5.44. The number of carbonyl (C=O) groups is 1. The van der Waals surface area contributed by atoms with Crippen molar-refractivity contribution < 1.29 is 33.2 Å². The first-order chi connectivity index (χ1) is 26.5. The van der Waals surface area contributed by atoms with E-state index in [1.165, 1.54) is 7.11 Å². The molecule has 7 nitrogen and oxygen atoms in total. The molecule has 1 aliphatic rings. The minimum atomic E-state index is -0.723. The van der Waals surface area contributed by atoms with Gasteiger partial charge in [0.2, 0.25) is 0 Å². The smallest absolute Gasteiger partial charge is 0.311 e. The van der Waals surface area contributed by atoms with Gasteiger partial charge in [-0.25, -0.2) is 0 Å². The molecular weight excluding hydrogens is 700 g/mol. The molecule has 54 heavy (non-hydrogen) atoms. The van der Waals surface area contributed by atoms with Crippen LogP contribution in [0.15, 0.2) is 133 Å². The SMILES string of the molecule is CCOc1ccc(Cc2cc([C@@H]3O[C@H](C(CC)C(=O)OC)[C@@H](OCc4ccccc4)[C@@H](OCc4ccccc4)[C@H]3OCc3ccccc3)ccc2Cl)cc1. The Hall–Kier alpha value is -4.50. The Labute approximate surface area is 324 Å². The van der Waals surface area contributed by atoms with E-state index >= 15 is 0 Å². The number of benzene rings is 5. The fraction of sp³-hybridized carbons (Fsp3) is 0.326. The Morgan fingerprint density at radius 3 is 1.72 bits per heavy atom. The zero-order valence-corrected chi connectivity index (χ0v) is 31.9. The molecule has 0 aromatic heterocycles. The number of carbonyl (C=O) groups excluding carboxylic acids is 1. The van der Waals surface area contributed by atoms with Crippen molar-refractivity contribution in [3.63, 3.8) is 0 Å². The van der Waals surface area contributed by atoms with Crippen LogP contribution in [0.1, 0.15) is 59.8 Å². The van der Waals surface area contributed by atoms with E-state index in [0.717, 1.165) is 39.1 Å². The first-order valence-corrected chi connectivity index (χ1v) is 19.0. The van der Waals surface area contributed by atoms with E-state index < -0.39 is 36.4 Å². The highest BCUT2D eigenvalue weighted by Gasteiger charge is 2.52. The number of esters is 1. The molecule has 0 N–H and O–H groups in total. The molecule has 1 heterocycles. The monoisotopic (exact) mass is 748 g/mol. The maximum Gasteiger partial charge on any atom is 0.311 e. The lowest BCUT2D eigenvalue weighted by molar-refractivity contribution is -0.277. The minimum absolute atomic E-state index is 0.289. The summed E-state index contributed by atoms with van der Waals surface area (Å²) < 4.78 is 38.8. The summed E-state index contributed by atoms with van der Waals surface area (Å²) in [6, 6.07) is 44.0. The zero-order valence-electron chi connectivity index (χ0n) is 31.1. The fourth-order valence-electron chi connectivity index (χ4n) is 7.01. The van der Waals surface area contributed by atoms with Crippen molar-refractivity contribution in [3.8, 4) is 5.75 Å². The molecule has 0 radical (unpaired) electrons. The second kappa shape index (κ2) is 19.7. The Kier molecular flexibility index (Phi) is 14.3. The van der Waals surface area contributed by atoms with Crippen LogP contribution in [-0.2, 0) is 54.7 Å². The van der Waals surface area contributed by atoms with Gasteiger partial charge in [-0.2, -0.15) is 0 Å². The predicted molar refractivity (Wildman–Crippen MR) is 210 cm³/mol. The molecule has 1 fully saturated rings. The van der Waals surface area contributed by atoms with Crippen LogP contribution in [0.4, 0.5) is 0 Å². The first-order valence-electron chi connectivity index (χ1n) is 18.7. The fourth-order valence-corrected chi connectivity index (χ4v) is 7.19. The van der Waals surface area contributed by atoms with Gasteiger partial charge in [0.25, 0.3) is 0 Å². The molecule has 5 aromatic rings. The highest BCUT2D eigenvalue weighted by molar-refractivity contribution is 6.31. The molecule has 1 unspecified atom stereocenters. The van der Waals surface area contributed by atoms with Crippen LogP contribution in [0.2, 0.25) is 5.02 Å². The van der Waals surface area contributed by atoms with Crippen LogP contribution in [-0.4, -0.2) is 44.1 Å². The van der Waals surface area contributed by atoms with Gasteiger partial charge < -0.3 is 28.4 Å². The zero-order chi connectivity index (χ0) is 37.7. The van der Waals surface area contributed by atoms with Gasteiger partial charge in [-0.05, 0) is 71.3 Å². The van der Waals surface area contributed by atoms with Gasteiger partial charge in [0.05, 0.1) is 39.5 Å². The van der Waals surface area contributed by atoms with Crippen LogP contribution in [0.3, 0.4) is 0 Å². The average Bonchev–Trinajstić information content (AvgIpc) is 3.21. The molecule has 6 atom stereocenters. The Bertz CT molecular complexity index is 1870. The van der Waals surface area contributed by atoms with E-state index in [4.69, 9.17) is 40.0 Å². The van der Waals surface area contributed by atoms with Gasteiger partial charge in [-0.1, -0.05) is 134 Å². The van der Waals surface area contributed by atoms with Crippen LogP contribution in [0, 0.1) is 5.92 Å². The molecule has 0 amide bonds. The summed E-state index contributed by atoms with van der Waals surface area (Å²) in [5.74, 6) is -0.179. The predicted octanol–water partition coefficient (Wildman–Crippen LogP) is 9.72.